The molecule has 0 bridgehead atoms. The fourth-order valence-corrected chi connectivity index (χ4v) is 1.54. The van der Waals surface area contributed by atoms with E-state index < -0.39 is 0 Å². The van der Waals surface area contributed by atoms with Crippen molar-refractivity contribution in [2.75, 3.05) is 6.61 Å². The summed E-state index contributed by atoms with van der Waals surface area (Å²) in [6.45, 7) is 0.484. The van der Waals surface area contributed by atoms with Crippen LogP contribution in [0.25, 0.3) is 0 Å². The summed E-state index contributed by atoms with van der Waals surface area (Å²) < 4.78 is 4.93. The normalized spacial score (nSPS) is 15.7. The third kappa shape index (κ3) is 2.37. The molecule has 78 valence electrons. The number of cyclic esters (lactones) is 1. The largest absolute Gasteiger partial charge is 0.508 e. The van der Waals surface area contributed by atoms with Gasteiger partial charge in [-0.1, -0.05) is 18.2 Å². The molecule has 0 aromatic heterocycles. The van der Waals surface area contributed by atoms with Gasteiger partial charge in [-0.3, -0.25) is 0 Å². The van der Waals surface area contributed by atoms with Crippen LogP contribution in [0, 0.1) is 0 Å². The van der Waals surface area contributed by atoms with Crippen LogP contribution < -0.4 is 0 Å². The lowest BCUT2D eigenvalue weighted by molar-refractivity contribution is -0.139. The van der Waals surface area contributed by atoms with Gasteiger partial charge in [-0.15, -0.1) is 0 Å². The van der Waals surface area contributed by atoms with Gasteiger partial charge in [0.05, 0.1) is 6.61 Å². The van der Waals surface area contributed by atoms with Crippen molar-refractivity contribution in [3.05, 3.63) is 41.5 Å². The molecule has 0 spiro atoms. The number of benzene rings is 1. The Balaban J connectivity index is 2.11. The average Bonchev–Trinajstić information content (AvgIpc) is 2.25. The Morgan fingerprint density at radius 2 is 2.00 bits per heavy atom. The van der Waals surface area contributed by atoms with E-state index in [4.69, 9.17) is 9.84 Å². The quantitative estimate of drug-likeness (QED) is 0.747. The first kappa shape index (κ1) is 9.77. The Hall–Kier alpha value is -1.77. The van der Waals surface area contributed by atoms with E-state index in [2.05, 4.69) is 0 Å². The maximum atomic E-state index is 11.3. The van der Waals surface area contributed by atoms with Gasteiger partial charge in [-0.2, -0.15) is 0 Å². The van der Waals surface area contributed by atoms with Crippen LogP contribution in [0.5, 0.6) is 5.75 Å². The topological polar surface area (TPSA) is 46.5 Å². The van der Waals surface area contributed by atoms with E-state index in [1.54, 1.807) is 24.3 Å². The number of esters is 1. The van der Waals surface area contributed by atoms with Crippen LogP contribution in [0.3, 0.4) is 0 Å². The number of ether oxygens (including phenoxy) is 1. The Morgan fingerprint density at radius 3 is 2.67 bits per heavy atom. The lowest BCUT2D eigenvalue weighted by Gasteiger charge is -2.12. The summed E-state index contributed by atoms with van der Waals surface area (Å²) in [4.78, 5) is 11.3. The van der Waals surface area contributed by atoms with Crippen molar-refractivity contribution in [2.24, 2.45) is 0 Å². The third-order valence-corrected chi connectivity index (χ3v) is 2.33. The molecule has 0 radical (unpaired) electrons. The molecule has 1 heterocycles. The molecule has 0 saturated heterocycles. The van der Waals surface area contributed by atoms with Crippen molar-refractivity contribution >= 4 is 5.97 Å². The van der Waals surface area contributed by atoms with Crippen LogP contribution in [0.4, 0.5) is 0 Å². The van der Waals surface area contributed by atoms with Gasteiger partial charge < -0.3 is 9.84 Å². The van der Waals surface area contributed by atoms with Gasteiger partial charge in [0.1, 0.15) is 5.75 Å². The van der Waals surface area contributed by atoms with Crippen molar-refractivity contribution in [2.45, 2.75) is 12.8 Å². The minimum absolute atomic E-state index is 0.227. The van der Waals surface area contributed by atoms with Crippen molar-refractivity contribution in [3.8, 4) is 5.75 Å². The van der Waals surface area contributed by atoms with E-state index in [1.807, 2.05) is 6.08 Å². The van der Waals surface area contributed by atoms with E-state index in [-0.39, 0.29) is 11.7 Å². The Kier molecular flexibility index (Phi) is 2.72. The van der Waals surface area contributed by atoms with Gasteiger partial charge in [0.15, 0.2) is 0 Å². The summed E-state index contributed by atoms with van der Waals surface area (Å²) in [6.07, 6.45) is 3.27. The summed E-state index contributed by atoms with van der Waals surface area (Å²) in [7, 11) is 0. The third-order valence-electron chi connectivity index (χ3n) is 2.33. The first-order valence-electron chi connectivity index (χ1n) is 4.90. The maximum absolute atomic E-state index is 11.3. The summed E-state index contributed by atoms with van der Waals surface area (Å²) in [6, 6.07) is 6.84. The molecular formula is C12H12O3. The monoisotopic (exact) mass is 204 g/mol. The van der Waals surface area contributed by atoms with Crippen LogP contribution >= 0.6 is 0 Å². The molecule has 3 heteroatoms. The molecular weight excluding hydrogens is 192 g/mol. The number of hydrogen-bond donors (Lipinski definition) is 1. The summed E-state index contributed by atoms with van der Waals surface area (Å²) >= 11 is 0. The Bertz CT molecular complexity index is 390. The lowest BCUT2D eigenvalue weighted by Crippen LogP contribution is -2.15. The highest BCUT2D eigenvalue weighted by molar-refractivity contribution is 5.89. The minimum Gasteiger partial charge on any atom is -0.508 e. The predicted molar refractivity (Wildman–Crippen MR) is 55.5 cm³/mol. The summed E-state index contributed by atoms with van der Waals surface area (Å²) in [5.41, 5.74) is 1.70. The van der Waals surface area contributed by atoms with Gasteiger partial charge in [0.25, 0.3) is 0 Å². The van der Waals surface area contributed by atoms with Crippen LogP contribution in [-0.4, -0.2) is 17.7 Å². The summed E-state index contributed by atoms with van der Waals surface area (Å²) in [5, 5.41) is 9.11. The number of rotatable bonds is 2. The fourth-order valence-electron chi connectivity index (χ4n) is 1.54. The smallest absolute Gasteiger partial charge is 0.334 e. The van der Waals surface area contributed by atoms with E-state index in [0.29, 0.717) is 18.6 Å². The van der Waals surface area contributed by atoms with Crippen molar-refractivity contribution in [1.29, 1.82) is 0 Å². The molecule has 0 saturated carbocycles. The Morgan fingerprint density at radius 1 is 1.27 bits per heavy atom. The van der Waals surface area contributed by atoms with Gasteiger partial charge in [-0.25, -0.2) is 4.79 Å². The van der Waals surface area contributed by atoms with Gasteiger partial charge in [0.2, 0.25) is 0 Å². The molecule has 3 nitrogen and oxygen atoms in total. The van der Waals surface area contributed by atoms with Gasteiger partial charge >= 0.3 is 5.97 Å². The van der Waals surface area contributed by atoms with E-state index in [1.165, 1.54) is 0 Å². The first-order chi connectivity index (χ1) is 7.25. The molecule has 1 aliphatic rings. The number of phenolic OH excluding ortho intramolecular Hbond substituents is 1. The molecule has 1 aliphatic heterocycles. The molecule has 15 heavy (non-hydrogen) atoms. The van der Waals surface area contributed by atoms with E-state index in [9.17, 15) is 4.79 Å². The zero-order chi connectivity index (χ0) is 10.7. The molecule has 0 amide bonds. The van der Waals surface area contributed by atoms with Crippen molar-refractivity contribution < 1.29 is 14.6 Å². The SMILES string of the molecule is O=C1OCCC=C1Cc1ccc(O)cc1. The van der Waals surface area contributed by atoms with E-state index >= 15 is 0 Å². The maximum Gasteiger partial charge on any atom is 0.334 e. The molecule has 1 N–H and O–H groups in total. The van der Waals surface area contributed by atoms with Crippen LogP contribution in [-0.2, 0) is 16.0 Å². The molecule has 0 unspecified atom stereocenters. The second-order valence-electron chi connectivity index (χ2n) is 3.50. The van der Waals surface area contributed by atoms with Crippen LogP contribution in [0.15, 0.2) is 35.9 Å². The zero-order valence-electron chi connectivity index (χ0n) is 8.27. The molecule has 1 aromatic rings. The first-order valence-corrected chi connectivity index (χ1v) is 4.90. The molecule has 0 fully saturated rings. The molecule has 0 atom stereocenters. The number of carbonyl (C=O) groups excluding carboxylic acids is 1. The number of carbonyl (C=O) groups is 1. The van der Waals surface area contributed by atoms with E-state index in [0.717, 1.165) is 12.0 Å². The molecule has 2 rings (SSSR count). The second kappa shape index (κ2) is 4.17. The lowest BCUT2D eigenvalue weighted by atomic mass is 10.0. The molecule has 1 aromatic carbocycles. The number of aromatic hydroxyl groups is 1. The summed E-state index contributed by atoms with van der Waals surface area (Å²) in [5.74, 6) is 0.00766. The highest BCUT2D eigenvalue weighted by Crippen LogP contribution is 2.16. The van der Waals surface area contributed by atoms with Gasteiger partial charge in [0, 0.05) is 18.4 Å². The van der Waals surface area contributed by atoms with Crippen molar-refractivity contribution in [3.63, 3.8) is 0 Å². The second-order valence-corrected chi connectivity index (χ2v) is 3.50. The highest BCUT2D eigenvalue weighted by Gasteiger charge is 2.14. The highest BCUT2D eigenvalue weighted by atomic mass is 16.5. The average molecular weight is 204 g/mol. The van der Waals surface area contributed by atoms with Crippen LogP contribution in [0.1, 0.15) is 12.0 Å². The van der Waals surface area contributed by atoms with Crippen molar-refractivity contribution in [1.82, 2.24) is 0 Å². The minimum atomic E-state index is -0.227. The fraction of sp³-hybridized carbons (Fsp3) is 0.250. The predicted octanol–water partition coefficient (Wildman–Crippen LogP) is 1.81. The Labute approximate surface area is 88.0 Å². The zero-order valence-corrected chi connectivity index (χ0v) is 8.27. The number of phenols is 1. The number of hydrogen-bond acceptors (Lipinski definition) is 3. The van der Waals surface area contributed by atoms with Gasteiger partial charge in [-0.05, 0) is 17.7 Å². The standard InChI is InChI=1S/C12H12O3/c13-11-5-3-9(4-6-11)8-10-2-1-7-15-12(10)14/h2-6,13H,1,7-8H2. The van der Waals surface area contributed by atoms with Crippen LogP contribution in [0.2, 0.25) is 0 Å². The molecule has 0 aliphatic carbocycles.